The zero-order valence-electron chi connectivity index (χ0n) is 16.7. The molecular weight excluding hydrogens is 373 g/mol. The minimum atomic E-state index is -0.442. The van der Waals surface area contributed by atoms with Gasteiger partial charge in [0.25, 0.3) is 0 Å². The number of nitrogens with zero attached hydrogens (tertiary/aromatic N) is 4. The van der Waals surface area contributed by atoms with Crippen molar-refractivity contribution in [2.75, 3.05) is 50.9 Å². The second kappa shape index (κ2) is 10.0. The van der Waals surface area contributed by atoms with Crippen LogP contribution in [0, 0.1) is 17.1 Å². The van der Waals surface area contributed by atoms with Crippen LogP contribution >= 0.6 is 0 Å². The van der Waals surface area contributed by atoms with E-state index >= 15 is 0 Å². The molecule has 1 saturated heterocycles. The maximum Gasteiger partial charge on any atom is 0.237 e. The molecule has 1 aliphatic rings. The van der Waals surface area contributed by atoms with Crippen LogP contribution in [0.4, 0.5) is 21.6 Å². The highest BCUT2D eigenvalue weighted by molar-refractivity contribution is 5.67. The number of aromatic nitrogens is 2. The number of ether oxygens (including phenoxy) is 1. The number of nitrogens with one attached hydrogen (secondary N) is 3. The molecule has 0 radical (unpaired) electrons. The van der Waals surface area contributed by atoms with Crippen LogP contribution in [0.2, 0.25) is 0 Å². The van der Waals surface area contributed by atoms with Crippen LogP contribution in [0.25, 0.3) is 0 Å². The topological polar surface area (TPSA) is 98.1 Å². The van der Waals surface area contributed by atoms with E-state index in [0.29, 0.717) is 12.2 Å². The first-order valence-corrected chi connectivity index (χ1v) is 9.64. The molecule has 29 heavy (non-hydrogen) atoms. The fourth-order valence-corrected chi connectivity index (χ4v) is 3.00. The van der Waals surface area contributed by atoms with Crippen LogP contribution in [0.1, 0.15) is 18.4 Å². The maximum absolute atomic E-state index is 14.6. The number of nitriles is 1. The van der Waals surface area contributed by atoms with Gasteiger partial charge in [0, 0.05) is 18.8 Å². The summed E-state index contributed by atoms with van der Waals surface area (Å²) in [5.41, 5.74) is 1.08. The van der Waals surface area contributed by atoms with Gasteiger partial charge in [-0.05, 0) is 58.2 Å². The number of anilines is 3. The van der Waals surface area contributed by atoms with E-state index in [4.69, 9.17) is 4.74 Å². The summed E-state index contributed by atoms with van der Waals surface area (Å²) in [4.78, 5) is 10.3. The molecule has 1 fully saturated rings. The second-order valence-electron chi connectivity index (χ2n) is 7.13. The van der Waals surface area contributed by atoms with Crippen molar-refractivity contribution in [2.24, 2.45) is 0 Å². The summed E-state index contributed by atoms with van der Waals surface area (Å²) in [6.07, 6.45) is 2.99. The third-order valence-corrected chi connectivity index (χ3v) is 4.60. The lowest BCUT2D eigenvalue weighted by Crippen LogP contribution is -2.34. The Morgan fingerprint density at radius 1 is 1.31 bits per heavy atom. The standard InChI is InChI=1S/C20H26FN7O/c1-28(2)10-9-24-14-3-4-18(17(21)11-14)27-19-16(12-22)20(26-13-25-19)29-15-5-7-23-8-6-15/h3-4,11,13,15,23-24H,5-10H2,1-2H3,(H,25,26,27). The largest absolute Gasteiger partial charge is 0.473 e. The number of rotatable bonds is 8. The van der Waals surface area contributed by atoms with Crippen molar-refractivity contribution in [1.29, 1.82) is 5.26 Å². The Hall–Kier alpha value is -2.96. The third kappa shape index (κ3) is 5.76. The summed E-state index contributed by atoms with van der Waals surface area (Å²) in [6.45, 7) is 3.28. The summed E-state index contributed by atoms with van der Waals surface area (Å²) < 4.78 is 20.5. The summed E-state index contributed by atoms with van der Waals surface area (Å²) in [5, 5.41) is 18.9. The van der Waals surface area contributed by atoms with Gasteiger partial charge in [-0.1, -0.05) is 0 Å². The van der Waals surface area contributed by atoms with Gasteiger partial charge in [-0.15, -0.1) is 0 Å². The van der Waals surface area contributed by atoms with Gasteiger partial charge in [-0.25, -0.2) is 14.4 Å². The van der Waals surface area contributed by atoms with Gasteiger partial charge >= 0.3 is 0 Å². The Kier molecular flexibility index (Phi) is 7.16. The van der Waals surface area contributed by atoms with E-state index in [-0.39, 0.29) is 29.1 Å². The predicted molar refractivity (Wildman–Crippen MR) is 110 cm³/mol. The van der Waals surface area contributed by atoms with Gasteiger partial charge < -0.3 is 25.6 Å². The van der Waals surface area contributed by atoms with Gasteiger partial charge in [0.1, 0.15) is 24.3 Å². The van der Waals surface area contributed by atoms with Crippen molar-refractivity contribution in [2.45, 2.75) is 18.9 Å². The lowest BCUT2D eigenvalue weighted by Gasteiger charge is -2.23. The van der Waals surface area contributed by atoms with E-state index in [1.807, 2.05) is 19.0 Å². The fraction of sp³-hybridized carbons (Fsp3) is 0.450. The first kappa shape index (κ1) is 20.8. The molecule has 0 spiro atoms. The first-order chi connectivity index (χ1) is 14.1. The molecule has 1 aromatic heterocycles. The van der Waals surface area contributed by atoms with Crippen molar-refractivity contribution >= 4 is 17.2 Å². The fourth-order valence-electron chi connectivity index (χ4n) is 3.00. The minimum Gasteiger partial charge on any atom is -0.473 e. The molecule has 9 heteroatoms. The van der Waals surface area contributed by atoms with E-state index in [2.05, 4.69) is 32.0 Å². The van der Waals surface area contributed by atoms with Crippen LogP contribution in [-0.2, 0) is 0 Å². The Morgan fingerprint density at radius 3 is 2.79 bits per heavy atom. The number of halogens is 1. The van der Waals surface area contributed by atoms with Crippen molar-refractivity contribution in [3.05, 3.63) is 35.9 Å². The Labute approximate surface area is 170 Å². The highest BCUT2D eigenvalue weighted by Gasteiger charge is 2.20. The molecule has 3 N–H and O–H groups in total. The van der Waals surface area contributed by atoms with E-state index < -0.39 is 5.82 Å². The quantitative estimate of drug-likeness (QED) is 0.622. The van der Waals surface area contributed by atoms with Crippen LogP contribution in [-0.4, -0.2) is 61.2 Å². The van der Waals surface area contributed by atoms with E-state index in [9.17, 15) is 9.65 Å². The predicted octanol–water partition coefficient (Wildman–Crippen LogP) is 2.34. The Morgan fingerprint density at radius 2 is 2.10 bits per heavy atom. The summed E-state index contributed by atoms with van der Waals surface area (Å²) in [6, 6.07) is 6.88. The van der Waals surface area contributed by atoms with Gasteiger partial charge in [0.05, 0.1) is 5.69 Å². The van der Waals surface area contributed by atoms with Crippen LogP contribution in [0.15, 0.2) is 24.5 Å². The lowest BCUT2D eigenvalue weighted by atomic mass is 10.1. The Bertz CT molecular complexity index is 862. The third-order valence-electron chi connectivity index (χ3n) is 4.60. The minimum absolute atomic E-state index is 0.00430. The molecule has 154 valence electrons. The molecule has 0 aliphatic carbocycles. The SMILES string of the molecule is CN(C)CCNc1ccc(Nc2ncnc(OC3CCNCC3)c2C#N)c(F)c1. The average molecular weight is 399 g/mol. The number of hydrogen-bond acceptors (Lipinski definition) is 8. The monoisotopic (exact) mass is 399 g/mol. The van der Waals surface area contributed by atoms with Crippen molar-refractivity contribution in [1.82, 2.24) is 20.2 Å². The number of piperidine rings is 1. The van der Waals surface area contributed by atoms with Crippen molar-refractivity contribution < 1.29 is 9.13 Å². The molecule has 2 heterocycles. The Balaban J connectivity index is 1.72. The zero-order valence-corrected chi connectivity index (χ0v) is 16.7. The van der Waals surface area contributed by atoms with Gasteiger partial charge in [0.15, 0.2) is 11.4 Å². The van der Waals surface area contributed by atoms with Crippen molar-refractivity contribution in [3.8, 4) is 11.9 Å². The first-order valence-electron chi connectivity index (χ1n) is 9.64. The molecular formula is C20H26FN7O. The molecule has 3 rings (SSSR count). The van der Waals surface area contributed by atoms with Crippen LogP contribution in [0.5, 0.6) is 5.88 Å². The zero-order chi connectivity index (χ0) is 20.6. The molecule has 0 unspecified atom stereocenters. The van der Waals surface area contributed by atoms with Crippen molar-refractivity contribution in [3.63, 3.8) is 0 Å². The van der Waals surface area contributed by atoms with Crippen LogP contribution in [0.3, 0.4) is 0 Å². The highest BCUT2D eigenvalue weighted by Crippen LogP contribution is 2.28. The average Bonchev–Trinajstić information content (AvgIpc) is 2.71. The molecule has 2 aromatic rings. The van der Waals surface area contributed by atoms with Crippen LogP contribution < -0.4 is 20.7 Å². The molecule has 1 aromatic carbocycles. The van der Waals surface area contributed by atoms with E-state index in [0.717, 1.165) is 32.5 Å². The smallest absolute Gasteiger partial charge is 0.237 e. The summed E-state index contributed by atoms with van der Waals surface area (Å²) in [5.74, 6) is 0.00103. The highest BCUT2D eigenvalue weighted by atomic mass is 19.1. The second-order valence-corrected chi connectivity index (χ2v) is 7.13. The molecule has 8 nitrogen and oxygen atoms in total. The van der Waals surface area contributed by atoms with Gasteiger partial charge in [-0.2, -0.15) is 5.26 Å². The maximum atomic E-state index is 14.6. The normalized spacial score (nSPS) is 14.4. The van der Waals surface area contributed by atoms with E-state index in [1.54, 1.807) is 12.1 Å². The van der Waals surface area contributed by atoms with E-state index in [1.165, 1.54) is 12.4 Å². The van der Waals surface area contributed by atoms with Gasteiger partial charge in [0.2, 0.25) is 5.88 Å². The number of likely N-dealkylation sites (N-methyl/N-ethyl adjacent to an activating group) is 1. The summed E-state index contributed by atoms with van der Waals surface area (Å²) >= 11 is 0. The summed E-state index contributed by atoms with van der Waals surface area (Å²) in [7, 11) is 3.96. The lowest BCUT2D eigenvalue weighted by molar-refractivity contribution is 0.155. The molecule has 0 amide bonds. The molecule has 1 aliphatic heterocycles. The number of benzene rings is 1. The molecule has 0 bridgehead atoms. The molecule has 0 saturated carbocycles. The molecule has 0 atom stereocenters. The number of hydrogen-bond donors (Lipinski definition) is 3. The van der Waals surface area contributed by atoms with Gasteiger partial charge in [-0.3, -0.25) is 0 Å².